The summed E-state index contributed by atoms with van der Waals surface area (Å²) in [7, 11) is 0. The van der Waals surface area contributed by atoms with Crippen molar-refractivity contribution in [1.82, 2.24) is 5.32 Å². The SMILES string of the molecule is C=CCOC(=O)NC(C)(C)C(C)(C)C(=O)O. The molecule has 0 heterocycles. The van der Waals surface area contributed by atoms with E-state index in [9.17, 15) is 9.59 Å². The normalized spacial score (nSPS) is 11.8. The van der Waals surface area contributed by atoms with Gasteiger partial charge in [0.15, 0.2) is 0 Å². The molecule has 0 aliphatic heterocycles. The second kappa shape index (κ2) is 5.01. The van der Waals surface area contributed by atoms with E-state index >= 15 is 0 Å². The van der Waals surface area contributed by atoms with Crippen LogP contribution in [-0.2, 0) is 9.53 Å². The van der Waals surface area contributed by atoms with Crippen molar-refractivity contribution in [3.05, 3.63) is 12.7 Å². The second-order valence-electron chi connectivity index (χ2n) is 4.57. The van der Waals surface area contributed by atoms with Crippen LogP contribution in [0.1, 0.15) is 27.7 Å². The van der Waals surface area contributed by atoms with Crippen LogP contribution in [0.5, 0.6) is 0 Å². The maximum Gasteiger partial charge on any atom is 0.407 e. The number of ether oxygens (including phenoxy) is 1. The first-order chi connectivity index (χ1) is 7.15. The smallest absolute Gasteiger partial charge is 0.407 e. The third-order valence-corrected chi connectivity index (χ3v) is 2.84. The topological polar surface area (TPSA) is 75.6 Å². The summed E-state index contributed by atoms with van der Waals surface area (Å²) in [6.07, 6.45) is 0.786. The molecule has 1 amide bonds. The van der Waals surface area contributed by atoms with Gasteiger partial charge in [-0.2, -0.15) is 0 Å². The van der Waals surface area contributed by atoms with Gasteiger partial charge in [0.2, 0.25) is 0 Å². The molecule has 0 fully saturated rings. The number of rotatable bonds is 5. The summed E-state index contributed by atoms with van der Waals surface area (Å²) in [6.45, 7) is 9.86. The fourth-order valence-electron chi connectivity index (χ4n) is 0.849. The van der Waals surface area contributed by atoms with Crippen LogP contribution >= 0.6 is 0 Å². The average molecular weight is 229 g/mol. The summed E-state index contributed by atoms with van der Waals surface area (Å²) >= 11 is 0. The molecule has 0 saturated heterocycles. The Balaban J connectivity index is 4.62. The van der Waals surface area contributed by atoms with Crippen molar-refractivity contribution < 1.29 is 19.4 Å². The summed E-state index contributed by atoms with van der Waals surface area (Å²) in [5, 5.41) is 11.6. The van der Waals surface area contributed by atoms with Gasteiger partial charge in [-0.3, -0.25) is 4.79 Å². The zero-order chi connectivity index (χ0) is 13.0. The minimum absolute atomic E-state index is 0.0927. The van der Waals surface area contributed by atoms with Gasteiger partial charge in [-0.15, -0.1) is 0 Å². The predicted octanol–water partition coefficient (Wildman–Crippen LogP) is 1.79. The minimum atomic E-state index is -1.10. The molecule has 5 nitrogen and oxygen atoms in total. The van der Waals surface area contributed by atoms with Crippen LogP contribution in [0.15, 0.2) is 12.7 Å². The standard InChI is InChI=1S/C11H19NO4/c1-6-7-16-9(15)12-11(4,5)10(2,3)8(13)14/h6H,1,7H2,2-5H3,(H,12,15)(H,13,14). The lowest BCUT2D eigenvalue weighted by Crippen LogP contribution is -2.57. The highest BCUT2D eigenvalue weighted by Gasteiger charge is 2.44. The molecule has 92 valence electrons. The van der Waals surface area contributed by atoms with E-state index in [1.165, 1.54) is 6.08 Å². The lowest BCUT2D eigenvalue weighted by molar-refractivity contribution is -0.150. The molecule has 0 saturated carbocycles. The summed E-state index contributed by atoms with van der Waals surface area (Å²) in [4.78, 5) is 22.4. The van der Waals surface area contributed by atoms with Crippen molar-refractivity contribution >= 4 is 12.1 Å². The molecular weight excluding hydrogens is 210 g/mol. The molecule has 0 aromatic rings. The molecule has 0 aliphatic carbocycles. The molecule has 0 atom stereocenters. The fourth-order valence-corrected chi connectivity index (χ4v) is 0.849. The highest BCUT2D eigenvalue weighted by molar-refractivity contribution is 5.77. The molecule has 0 bridgehead atoms. The summed E-state index contributed by atoms with van der Waals surface area (Å²) < 4.78 is 4.74. The third-order valence-electron chi connectivity index (χ3n) is 2.84. The van der Waals surface area contributed by atoms with Crippen LogP contribution in [-0.4, -0.2) is 29.3 Å². The first-order valence-corrected chi connectivity index (χ1v) is 4.94. The van der Waals surface area contributed by atoms with Crippen LogP contribution < -0.4 is 5.32 Å². The van der Waals surface area contributed by atoms with Gasteiger partial charge in [0.25, 0.3) is 0 Å². The second-order valence-corrected chi connectivity index (χ2v) is 4.57. The Morgan fingerprint density at radius 3 is 2.25 bits per heavy atom. The maximum absolute atomic E-state index is 11.3. The van der Waals surface area contributed by atoms with Gasteiger partial charge < -0.3 is 15.2 Å². The van der Waals surface area contributed by atoms with E-state index in [2.05, 4.69) is 11.9 Å². The molecule has 0 aromatic carbocycles. The number of carbonyl (C=O) groups is 2. The summed E-state index contributed by atoms with van der Waals surface area (Å²) in [5.74, 6) is -0.985. The number of hydrogen-bond donors (Lipinski definition) is 2. The van der Waals surface area contributed by atoms with Crippen molar-refractivity contribution in [3.8, 4) is 0 Å². The predicted molar refractivity (Wildman–Crippen MR) is 60.2 cm³/mol. The van der Waals surface area contributed by atoms with E-state index in [0.717, 1.165) is 0 Å². The van der Waals surface area contributed by atoms with Crippen LogP contribution in [0, 0.1) is 5.41 Å². The number of aliphatic carboxylic acids is 1. The molecule has 0 unspecified atom stereocenters. The van der Waals surface area contributed by atoms with Crippen LogP contribution in [0.2, 0.25) is 0 Å². The molecule has 5 heteroatoms. The van der Waals surface area contributed by atoms with Crippen molar-refractivity contribution in [1.29, 1.82) is 0 Å². The molecule has 0 spiro atoms. The van der Waals surface area contributed by atoms with Gasteiger partial charge in [0.1, 0.15) is 6.61 Å². The average Bonchev–Trinajstić information content (AvgIpc) is 2.13. The minimum Gasteiger partial charge on any atom is -0.481 e. The molecular formula is C11H19NO4. The maximum atomic E-state index is 11.3. The van der Waals surface area contributed by atoms with E-state index in [-0.39, 0.29) is 6.61 Å². The molecule has 0 rings (SSSR count). The van der Waals surface area contributed by atoms with E-state index in [1.807, 2.05) is 0 Å². The Morgan fingerprint density at radius 1 is 1.38 bits per heavy atom. The number of nitrogens with one attached hydrogen (secondary N) is 1. The van der Waals surface area contributed by atoms with E-state index in [4.69, 9.17) is 9.84 Å². The van der Waals surface area contributed by atoms with E-state index in [0.29, 0.717) is 0 Å². The van der Waals surface area contributed by atoms with Gasteiger partial charge in [-0.05, 0) is 27.7 Å². The fraction of sp³-hybridized carbons (Fsp3) is 0.636. The van der Waals surface area contributed by atoms with Crippen molar-refractivity contribution in [3.63, 3.8) is 0 Å². The molecule has 0 aromatic heterocycles. The Labute approximate surface area is 95.5 Å². The first-order valence-electron chi connectivity index (χ1n) is 4.94. The van der Waals surface area contributed by atoms with Crippen LogP contribution in [0.3, 0.4) is 0 Å². The van der Waals surface area contributed by atoms with Crippen molar-refractivity contribution in [2.45, 2.75) is 33.2 Å². The zero-order valence-electron chi connectivity index (χ0n) is 10.2. The van der Waals surface area contributed by atoms with Crippen molar-refractivity contribution in [2.24, 2.45) is 5.41 Å². The van der Waals surface area contributed by atoms with Gasteiger partial charge >= 0.3 is 12.1 Å². The van der Waals surface area contributed by atoms with Gasteiger partial charge in [-0.1, -0.05) is 12.7 Å². The number of alkyl carbamates (subject to hydrolysis) is 1. The Kier molecular flexibility index (Phi) is 4.53. The molecule has 0 radical (unpaired) electrons. The number of amides is 1. The largest absolute Gasteiger partial charge is 0.481 e. The molecule has 16 heavy (non-hydrogen) atoms. The third kappa shape index (κ3) is 3.25. The van der Waals surface area contributed by atoms with E-state index < -0.39 is 23.0 Å². The molecule has 0 aliphatic rings. The summed E-state index contributed by atoms with van der Waals surface area (Å²) in [5.41, 5.74) is -2.02. The van der Waals surface area contributed by atoms with E-state index in [1.54, 1.807) is 27.7 Å². The Bertz CT molecular complexity index is 294. The zero-order valence-corrected chi connectivity index (χ0v) is 10.2. The van der Waals surface area contributed by atoms with Gasteiger partial charge in [-0.25, -0.2) is 4.79 Å². The highest BCUT2D eigenvalue weighted by Crippen LogP contribution is 2.30. The lowest BCUT2D eigenvalue weighted by atomic mass is 9.74. The number of hydrogen-bond acceptors (Lipinski definition) is 3. The first kappa shape index (κ1) is 14.5. The quantitative estimate of drug-likeness (QED) is 0.705. The van der Waals surface area contributed by atoms with Crippen LogP contribution in [0.4, 0.5) is 4.79 Å². The Hall–Kier alpha value is -1.52. The van der Waals surface area contributed by atoms with Gasteiger partial charge in [0, 0.05) is 0 Å². The Morgan fingerprint density at radius 2 is 1.88 bits per heavy atom. The van der Waals surface area contributed by atoms with Gasteiger partial charge in [0.05, 0.1) is 11.0 Å². The molecule has 2 N–H and O–H groups in total. The highest BCUT2D eigenvalue weighted by atomic mass is 16.5. The summed E-state index contributed by atoms with van der Waals surface area (Å²) in [6, 6.07) is 0. The van der Waals surface area contributed by atoms with Crippen LogP contribution in [0.25, 0.3) is 0 Å². The number of carboxylic acid groups (broad SMARTS) is 1. The lowest BCUT2D eigenvalue weighted by Gasteiger charge is -2.38. The number of carbonyl (C=O) groups excluding carboxylic acids is 1. The number of carboxylic acids is 1. The van der Waals surface area contributed by atoms with Crippen molar-refractivity contribution in [2.75, 3.05) is 6.61 Å². The monoisotopic (exact) mass is 229 g/mol.